The summed E-state index contributed by atoms with van der Waals surface area (Å²) in [5.41, 5.74) is -1.98. The van der Waals surface area contributed by atoms with Gasteiger partial charge in [-0.1, -0.05) is 30.0 Å². The third kappa shape index (κ3) is 2.72. The molecule has 0 radical (unpaired) electrons. The number of aliphatic hydroxyl groups is 1. The maximum absolute atomic E-state index is 13.0. The molecule has 32 heavy (non-hydrogen) atoms. The number of phenolic OH excluding ortho intramolecular Hbond substituents is 2. The van der Waals surface area contributed by atoms with Crippen molar-refractivity contribution in [2.75, 3.05) is 0 Å². The zero-order valence-corrected chi connectivity index (χ0v) is 18.8. The van der Waals surface area contributed by atoms with Crippen LogP contribution in [-0.2, 0) is 15.0 Å². The molecule has 2 aliphatic rings. The topological polar surface area (TPSA) is 121 Å². The van der Waals surface area contributed by atoms with Crippen LogP contribution < -0.4 is 4.74 Å². The van der Waals surface area contributed by atoms with Crippen molar-refractivity contribution in [2.45, 2.75) is 49.4 Å². The van der Waals surface area contributed by atoms with E-state index in [0.717, 1.165) is 11.8 Å². The van der Waals surface area contributed by atoms with Gasteiger partial charge in [-0.25, -0.2) is 0 Å². The van der Waals surface area contributed by atoms with Crippen molar-refractivity contribution in [3.8, 4) is 17.2 Å². The van der Waals surface area contributed by atoms with Crippen molar-refractivity contribution >= 4 is 29.1 Å². The normalized spacial score (nSPS) is 24.1. The van der Waals surface area contributed by atoms with Crippen molar-refractivity contribution in [3.63, 3.8) is 0 Å². The van der Waals surface area contributed by atoms with Gasteiger partial charge in [-0.2, -0.15) is 0 Å². The lowest BCUT2D eigenvalue weighted by Crippen LogP contribution is -2.54. The van der Waals surface area contributed by atoms with Gasteiger partial charge in [0.15, 0.2) is 22.3 Å². The van der Waals surface area contributed by atoms with Crippen LogP contribution in [-0.4, -0.2) is 37.6 Å². The number of carbonyl (C=O) groups is 3. The summed E-state index contributed by atoms with van der Waals surface area (Å²) in [5, 5.41) is 33.0. The second-order valence-corrected chi connectivity index (χ2v) is 9.57. The molecule has 0 amide bonds. The lowest BCUT2D eigenvalue weighted by atomic mass is 9.68. The van der Waals surface area contributed by atoms with E-state index in [1.807, 2.05) is 6.07 Å². The molecule has 0 saturated heterocycles. The second-order valence-electron chi connectivity index (χ2n) is 8.23. The van der Waals surface area contributed by atoms with E-state index in [2.05, 4.69) is 0 Å². The molecule has 0 fully saturated rings. The highest BCUT2D eigenvalue weighted by Gasteiger charge is 2.67. The van der Waals surface area contributed by atoms with Crippen LogP contribution in [0.3, 0.4) is 0 Å². The summed E-state index contributed by atoms with van der Waals surface area (Å²) >= 11 is 1.15. The molecule has 2 aromatic carbocycles. The predicted octanol–water partition coefficient (Wildman–Crippen LogP) is 4.12. The minimum Gasteiger partial charge on any atom is -0.510 e. The SMILES string of the molecule is CC(=O)C1=C(O)[C@@]2(C)c3c(O)c(C)c(O)c(C(C)=O)c3O[C@]2(Sc2ccccc2)CC1=O. The Morgan fingerprint density at radius 2 is 1.66 bits per heavy atom. The standard InChI is InChI=1S/C24H22O7S/c1-11-19(28)17(13(3)26)21-18(20(11)29)23(4)22(30)16(12(2)25)15(27)10-24(23,31-21)32-14-8-6-5-7-9-14/h5-9,28-30H,10H2,1-4H3/t23-,24+/m1/s1. The number of thioether (sulfide) groups is 1. The first-order valence-electron chi connectivity index (χ1n) is 9.97. The van der Waals surface area contributed by atoms with Crippen molar-refractivity contribution in [1.29, 1.82) is 0 Å². The van der Waals surface area contributed by atoms with Crippen LogP contribution in [0.25, 0.3) is 0 Å². The molecule has 4 rings (SSSR count). The summed E-state index contributed by atoms with van der Waals surface area (Å²) in [6.45, 7) is 5.44. The molecule has 8 heteroatoms. The fourth-order valence-electron chi connectivity index (χ4n) is 4.57. The molecule has 1 aliphatic carbocycles. The molecule has 1 aliphatic heterocycles. The molecule has 1 heterocycles. The summed E-state index contributed by atoms with van der Waals surface area (Å²) in [7, 11) is 0. The zero-order valence-electron chi connectivity index (χ0n) is 18.0. The number of allylic oxidation sites excluding steroid dienone is 1. The molecule has 0 spiro atoms. The first kappa shape index (κ1) is 22.0. The van der Waals surface area contributed by atoms with Gasteiger partial charge in [0.05, 0.1) is 17.6 Å². The van der Waals surface area contributed by atoms with E-state index < -0.39 is 39.2 Å². The maximum Gasteiger partial charge on any atom is 0.183 e. The van der Waals surface area contributed by atoms with Crippen molar-refractivity contribution < 1.29 is 34.4 Å². The Morgan fingerprint density at radius 3 is 2.22 bits per heavy atom. The Hall–Kier alpha value is -3.26. The number of ether oxygens (including phenoxy) is 1. The Balaban J connectivity index is 2.12. The number of benzene rings is 2. The van der Waals surface area contributed by atoms with E-state index in [9.17, 15) is 29.7 Å². The van der Waals surface area contributed by atoms with Crippen molar-refractivity contribution in [1.82, 2.24) is 0 Å². The first-order chi connectivity index (χ1) is 15.0. The molecule has 2 aromatic rings. The number of hydrogen-bond donors (Lipinski definition) is 3. The second kappa shape index (κ2) is 7.13. The lowest BCUT2D eigenvalue weighted by Gasteiger charge is -2.44. The smallest absolute Gasteiger partial charge is 0.183 e. The van der Waals surface area contributed by atoms with Gasteiger partial charge >= 0.3 is 0 Å². The van der Waals surface area contributed by atoms with Crippen LogP contribution in [0.2, 0.25) is 0 Å². The minimum absolute atomic E-state index is 0.0355. The fraction of sp³-hybridized carbons (Fsp3) is 0.292. The number of aromatic hydroxyl groups is 2. The summed E-state index contributed by atoms with van der Waals surface area (Å²) in [6.07, 6.45) is -0.298. The molecule has 0 saturated carbocycles. The highest BCUT2D eigenvalue weighted by molar-refractivity contribution is 8.00. The van der Waals surface area contributed by atoms with Crippen LogP contribution in [0.5, 0.6) is 17.2 Å². The van der Waals surface area contributed by atoms with Crippen LogP contribution in [0.1, 0.15) is 48.7 Å². The molecular formula is C24H22O7S. The minimum atomic E-state index is -1.56. The number of hydrogen-bond acceptors (Lipinski definition) is 8. The third-order valence-electron chi connectivity index (χ3n) is 6.28. The number of ketones is 3. The van der Waals surface area contributed by atoms with Gasteiger partial charge in [-0.15, -0.1) is 0 Å². The van der Waals surface area contributed by atoms with Gasteiger partial charge in [0.2, 0.25) is 0 Å². The lowest BCUT2D eigenvalue weighted by molar-refractivity contribution is -0.124. The Kier molecular flexibility index (Phi) is 4.89. The van der Waals surface area contributed by atoms with Crippen LogP contribution in [0.15, 0.2) is 46.6 Å². The highest BCUT2D eigenvalue weighted by Crippen LogP contribution is 2.66. The van der Waals surface area contributed by atoms with Gasteiger partial charge in [0, 0.05) is 10.5 Å². The van der Waals surface area contributed by atoms with Gasteiger partial charge in [0.25, 0.3) is 0 Å². The Bertz CT molecular complexity index is 1230. The molecule has 7 nitrogen and oxygen atoms in total. The number of Topliss-reactive ketones (excluding diaryl/α,β-unsaturated/α-hetero) is 3. The van der Waals surface area contributed by atoms with Crippen LogP contribution in [0.4, 0.5) is 0 Å². The van der Waals surface area contributed by atoms with Gasteiger partial charge in [-0.05, 0) is 39.8 Å². The average Bonchev–Trinajstić information content (AvgIpc) is 2.96. The summed E-state index contributed by atoms with van der Waals surface area (Å²) in [5.74, 6) is -3.16. The van der Waals surface area contributed by atoms with Crippen LogP contribution in [0, 0.1) is 6.92 Å². The summed E-state index contributed by atoms with van der Waals surface area (Å²) < 4.78 is 6.28. The quantitative estimate of drug-likeness (QED) is 0.466. The van der Waals surface area contributed by atoms with E-state index in [1.54, 1.807) is 31.2 Å². The number of fused-ring (bicyclic) bond motifs is 3. The average molecular weight is 455 g/mol. The molecular weight excluding hydrogens is 432 g/mol. The molecule has 0 unspecified atom stereocenters. The largest absolute Gasteiger partial charge is 0.510 e. The zero-order chi connectivity index (χ0) is 23.6. The molecule has 0 aromatic heterocycles. The van der Waals surface area contributed by atoms with Gasteiger partial charge in [-0.3, -0.25) is 14.4 Å². The van der Waals surface area contributed by atoms with E-state index in [-0.39, 0.29) is 40.2 Å². The monoisotopic (exact) mass is 454 g/mol. The number of rotatable bonds is 4. The third-order valence-corrected chi connectivity index (χ3v) is 7.75. The molecule has 166 valence electrons. The van der Waals surface area contributed by atoms with Gasteiger partial charge < -0.3 is 20.1 Å². The van der Waals surface area contributed by atoms with Crippen LogP contribution >= 0.6 is 11.8 Å². The van der Waals surface area contributed by atoms with Gasteiger partial charge in [0.1, 0.15) is 34.0 Å². The fourth-order valence-corrected chi connectivity index (χ4v) is 5.98. The molecule has 3 N–H and O–H groups in total. The molecule has 0 bridgehead atoms. The number of aliphatic hydroxyl groups excluding tert-OH is 1. The summed E-state index contributed by atoms with van der Waals surface area (Å²) in [6, 6.07) is 9.02. The van der Waals surface area contributed by atoms with E-state index >= 15 is 0 Å². The predicted molar refractivity (Wildman–Crippen MR) is 117 cm³/mol. The maximum atomic E-state index is 13.0. The summed E-state index contributed by atoms with van der Waals surface area (Å²) in [4.78, 5) is 36.9. The van der Waals surface area contributed by atoms with E-state index in [1.165, 1.54) is 20.8 Å². The molecule has 2 atom stereocenters. The highest BCUT2D eigenvalue weighted by atomic mass is 32.2. The number of phenols is 2. The number of carbonyl (C=O) groups excluding carboxylic acids is 3. The Labute approximate surface area is 188 Å². The van der Waals surface area contributed by atoms with Crippen molar-refractivity contribution in [2.24, 2.45) is 0 Å². The Morgan fingerprint density at radius 1 is 1.03 bits per heavy atom. The van der Waals surface area contributed by atoms with E-state index in [0.29, 0.717) is 4.90 Å². The van der Waals surface area contributed by atoms with E-state index in [4.69, 9.17) is 4.74 Å². The first-order valence-corrected chi connectivity index (χ1v) is 10.8. The van der Waals surface area contributed by atoms with Crippen molar-refractivity contribution in [3.05, 3.63) is 58.4 Å².